The smallest absolute Gasteiger partial charge is 0.0723 e. The van der Waals surface area contributed by atoms with E-state index in [4.69, 9.17) is 4.74 Å². The van der Waals surface area contributed by atoms with Crippen LogP contribution in [0.15, 0.2) is 22.7 Å². The average Bonchev–Trinajstić information content (AvgIpc) is 2.38. The number of benzene rings is 1. The lowest BCUT2D eigenvalue weighted by atomic mass is 10.1. The lowest BCUT2D eigenvalue weighted by molar-refractivity contribution is 0.0299. The first-order valence-corrected chi connectivity index (χ1v) is 8.29. The Kier molecular flexibility index (Phi) is 5.10. The van der Waals surface area contributed by atoms with Crippen LogP contribution in [0.1, 0.15) is 25.8 Å². The van der Waals surface area contributed by atoms with Crippen molar-refractivity contribution >= 4 is 37.5 Å². The molecule has 0 amide bonds. The van der Waals surface area contributed by atoms with E-state index < -0.39 is 0 Å². The van der Waals surface area contributed by atoms with Crippen LogP contribution < -0.4 is 4.90 Å². The van der Waals surface area contributed by atoms with E-state index in [0.717, 1.165) is 24.9 Å². The van der Waals surface area contributed by atoms with Crippen molar-refractivity contribution < 1.29 is 4.74 Å². The predicted octanol–water partition coefficient (Wildman–Crippen LogP) is 4.35. The largest absolute Gasteiger partial charge is 0.375 e. The van der Waals surface area contributed by atoms with Crippen molar-refractivity contribution in [2.75, 3.05) is 18.1 Å². The van der Waals surface area contributed by atoms with Crippen LogP contribution in [0.3, 0.4) is 0 Å². The van der Waals surface area contributed by atoms with Gasteiger partial charge in [-0.2, -0.15) is 0 Å². The van der Waals surface area contributed by atoms with Gasteiger partial charge in [-0.15, -0.1) is 0 Å². The third kappa shape index (κ3) is 3.09. The summed E-state index contributed by atoms with van der Waals surface area (Å²) in [6.45, 7) is 6.15. The summed E-state index contributed by atoms with van der Waals surface area (Å²) in [6.07, 6.45) is 1.41. The van der Waals surface area contributed by atoms with Gasteiger partial charge in [0.1, 0.15) is 0 Å². The third-order valence-electron chi connectivity index (χ3n) is 3.41. The van der Waals surface area contributed by atoms with E-state index in [0.29, 0.717) is 12.1 Å². The summed E-state index contributed by atoms with van der Waals surface area (Å²) in [5.41, 5.74) is 2.57. The molecule has 0 aromatic heterocycles. The minimum Gasteiger partial charge on any atom is -0.375 e. The predicted molar refractivity (Wildman–Crippen MR) is 83.6 cm³/mol. The monoisotopic (exact) mass is 375 g/mol. The molecule has 18 heavy (non-hydrogen) atoms. The standard InChI is InChI=1S/C14H19Br2NO/c1-3-12-9-18-10(2)8-17(12)14-5-4-11(7-15)6-13(14)16/h4-6,10,12H,3,7-9H2,1-2H3. The highest BCUT2D eigenvalue weighted by molar-refractivity contribution is 9.10. The fourth-order valence-electron chi connectivity index (χ4n) is 2.34. The molecule has 0 N–H and O–H groups in total. The lowest BCUT2D eigenvalue weighted by Gasteiger charge is -2.40. The Morgan fingerprint density at radius 3 is 2.83 bits per heavy atom. The van der Waals surface area contributed by atoms with Gasteiger partial charge in [0.25, 0.3) is 0 Å². The molecule has 1 saturated heterocycles. The fraction of sp³-hybridized carbons (Fsp3) is 0.571. The van der Waals surface area contributed by atoms with E-state index in [-0.39, 0.29) is 0 Å². The molecule has 0 bridgehead atoms. The molecular weight excluding hydrogens is 358 g/mol. The molecule has 1 aliphatic heterocycles. The van der Waals surface area contributed by atoms with Gasteiger partial charge in [-0.05, 0) is 47.0 Å². The van der Waals surface area contributed by atoms with Crippen molar-refractivity contribution in [2.45, 2.75) is 37.7 Å². The third-order valence-corrected chi connectivity index (χ3v) is 4.70. The van der Waals surface area contributed by atoms with Crippen molar-refractivity contribution in [1.29, 1.82) is 0 Å². The Labute approximate surface area is 126 Å². The number of hydrogen-bond donors (Lipinski definition) is 0. The van der Waals surface area contributed by atoms with Gasteiger partial charge < -0.3 is 9.64 Å². The number of rotatable bonds is 3. The second-order valence-corrected chi connectivity index (χ2v) is 6.19. The first-order valence-electron chi connectivity index (χ1n) is 6.38. The summed E-state index contributed by atoms with van der Waals surface area (Å²) in [4.78, 5) is 2.47. The minimum atomic E-state index is 0.301. The van der Waals surface area contributed by atoms with E-state index in [1.54, 1.807) is 0 Å². The van der Waals surface area contributed by atoms with E-state index in [1.165, 1.54) is 15.7 Å². The number of anilines is 1. The number of alkyl halides is 1. The van der Waals surface area contributed by atoms with Gasteiger partial charge in [0.2, 0.25) is 0 Å². The van der Waals surface area contributed by atoms with Crippen LogP contribution in [0.5, 0.6) is 0 Å². The Morgan fingerprint density at radius 2 is 2.22 bits per heavy atom. The van der Waals surface area contributed by atoms with Crippen LogP contribution in [0, 0.1) is 0 Å². The molecule has 2 nitrogen and oxygen atoms in total. The van der Waals surface area contributed by atoms with Gasteiger partial charge >= 0.3 is 0 Å². The molecule has 2 unspecified atom stereocenters. The van der Waals surface area contributed by atoms with E-state index in [1.807, 2.05) is 0 Å². The number of ether oxygens (including phenoxy) is 1. The quantitative estimate of drug-likeness (QED) is 0.727. The molecule has 1 aromatic carbocycles. The zero-order chi connectivity index (χ0) is 13.1. The van der Waals surface area contributed by atoms with Gasteiger partial charge in [-0.1, -0.05) is 28.9 Å². The number of hydrogen-bond acceptors (Lipinski definition) is 2. The van der Waals surface area contributed by atoms with Crippen LogP contribution in [0.25, 0.3) is 0 Å². The average molecular weight is 377 g/mol. The topological polar surface area (TPSA) is 12.5 Å². The SMILES string of the molecule is CCC1COC(C)CN1c1ccc(CBr)cc1Br. The summed E-state index contributed by atoms with van der Waals surface area (Å²) in [7, 11) is 0. The zero-order valence-corrected chi connectivity index (χ0v) is 14.0. The molecule has 0 saturated carbocycles. The van der Waals surface area contributed by atoms with Crippen molar-refractivity contribution in [3.8, 4) is 0 Å². The van der Waals surface area contributed by atoms with Crippen molar-refractivity contribution in [3.05, 3.63) is 28.2 Å². The van der Waals surface area contributed by atoms with Crippen molar-refractivity contribution in [2.24, 2.45) is 0 Å². The highest BCUT2D eigenvalue weighted by Gasteiger charge is 2.26. The number of nitrogens with zero attached hydrogens (tertiary/aromatic N) is 1. The first kappa shape index (κ1) is 14.4. The van der Waals surface area contributed by atoms with E-state index >= 15 is 0 Å². The molecule has 0 radical (unpaired) electrons. The molecule has 2 rings (SSSR count). The summed E-state index contributed by atoms with van der Waals surface area (Å²) in [5, 5.41) is 0.891. The van der Waals surface area contributed by atoms with Crippen LogP contribution in [-0.4, -0.2) is 25.3 Å². The highest BCUT2D eigenvalue weighted by Crippen LogP contribution is 2.32. The molecule has 1 heterocycles. The van der Waals surface area contributed by atoms with E-state index in [9.17, 15) is 0 Å². The van der Waals surface area contributed by atoms with Crippen LogP contribution in [-0.2, 0) is 10.1 Å². The normalized spacial score (nSPS) is 24.3. The Bertz CT molecular complexity index is 411. The van der Waals surface area contributed by atoms with Gasteiger partial charge in [-0.25, -0.2) is 0 Å². The summed E-state index contributed by atoms with van der Waals surface area (Å²) in [5.74, 6) is 0. The van der Waals surface area contributed by atoms with Crippen LogP contribution >= 0.6 is 31.9 Å². The van der Waals surface area contributed by atoms with Gasteiger partial charge in [0, 0.05) is 16.3 Å². The summed E-state index contributed by atoms with van der Waals surface area (Å²) in [6, 6.07) is 7.06. The minimum absolute atomic E-state index is 0.301. The molecule has 4 heteroatoms. The Morgan fingerprint density at radius 1 is 1.44 bits per heavy atom. The summed E-state index contributed by atoms with van der Waals surface area (Å²) < 4.78 is 6.93. The van der Waals surface area contributed by atoms with Crippen molar-refractivity contribution in [3.63, 3.8) is 0 Å². The highest BCUT2D eigenvalue weighted by atomic mass is 79.9. The molecule has 1 aromatic rings. The zero-order valence-electron chi connectivity index (χ0n) is 10.8. The second-order valence-electron chi connectivity index (χ2n) is 4.78. The first-order chi connectivity index (χ1) is 8.65. The van der Waals surface area contributed by atoms with Gasteiger partial charge in [-0.3, -0.25) is 0 Å². The maximum absolute atomic E-state index is 5.75. The van der Waals surface area contributed by atoms with Crippen LogP contribution in [0.2, 0.25) is 0 Å². The lowest BCUT2D eigenvalue weighted by Crippen LogP contribution is -2.48. The second kappa shape index (κ2) is 6.40. The molecule has 1 fully saturated rings. The van der Waals surface area contributed by atoms with Crippen molar-refractivity contribution in [1.82, 2.24) is 0 Å². The summed E-state index contributed by atoms with van der Waals surface area (Å²) >= 11 is 7.19. The molecule has 0 aliphatic carbocycles. The molecule has 0 spiro atoms. The maximum Gasteiger partial charge on any atom is 0.0723 e. The van der Waals surface area contributed by atoms with E-state index in [2.05, 4.69) is 68.8 Å². The molecular formula is C14H19Br2NO. The molecule has 1 aliphatic rings. The Balaban J connectivity index is 2.27. The Hall–Kier alpha value is -0.0600. The number of halogens is 2. The fourth-order valence-corrected chi connectivity index (χ4v) is 3.35. The molecule has 100 valence electrons. The number of morpholine rings is 1. The van der Waals surface area contributed by atoms with Gasteiger partial charge in [0.05, 0.1) is 24.4 Å². The molecule has 2 atom stereocenters. The van der Waals surface area contributed by atoms with Crippen LogP contribution in [0.4, 0.5) is 5.69 Å². The maximum atomic E-state index is 5.75. The van der Waals surface area contributed by atoms with Gasteiger partial charge in [0.15, 0.2) is 0 Å².